The zero-order chi connectivity index (χ0) is 36.6. The lowest BCUT2D eigenvalue weighted by atomic mass is 10.1. The van der Waals surface area contributed by atoms with Crippen molar-refractivity contribution < 1.29 is 67.2 Å². The number of hydrazine groups is 1. The number of aromatic carboxylic acids is 1. The van der Waals surface area contributed by atoms with Crippen molar-refractivity contribution in [2.45, 2.75) is 25.5 Å². The summed E-state index contributed by atoms with van der Waals surface area (Å²) in [4.78, 5) is 95.7. The van der Waals surface area contributed by atoms with Crippen LogP contribution in [0.3, 0.4) is 0 Å². The Morgan fingerprint density at radius 1 is 1.08 bits per heavy atom. The number of urea groups is 2. The minimum absolute atomic E-state index is 0.0173. The van der Waals surface area contributed by atoms with Gasteiger partial charge in [0.15, 0.2) is 22.3 Å². The molecular formula is C24H25N9O14S2. The molecule has 1 aromatic carbocycles. The van der Waals surface area contributed by atoms with E-state index in [0.29, 0.717) is 22.0 Å². The largest absolute Gasteiger partial charge is 0.504 e. The van der Waals surface area contributed by atoms with E-state index in [-0.39, 0.29) is 15.1 Å². The molecule has 2 aromatic rings. The van der Waals surface area contributed by atoms with Crippen molar-refractivity contribution in [1.29, 1.82) is 0 Å². The molecule has 2 aliphatic rings. The topological polar surface area (TPSA) is 341 Å². The first kappa shape index (κ1) is 35.6. The standard InChI is InChI=1S/C24H25N9O14S2/c1-24(2,20(41)42)47-29-15(12-8-48-21(25)27-12)17(37)26-11-7-31(18(11)38)22(43)30-49(45,46)33-4-3-32(23(33)44)28-16(36)9-5-13(34)14(35)6-10(9)19(39)40/h5-6,8,11,34-35H,3-4,7H2,1-2H3,(H2,25,27)(H,26,37)(H,28,36)(H,30,43)(H,39,40)(H,41,42)/b29-15+. The second-order valence-corrected chi connectivity index (χ2v) is 12.9. The fraction of sp³-hybridized carbons (Fsp3) is 0.292. The molecule has 49 heavy (non-hydrogen) atoms. The Balaban J connectivity index is 1.37. The van der Waals surface area contributed by atoms with E-state index < -0.39 is 112 Å². The van der Waals surface area contributed by atoms with Gasteiger partial charge in [-0.15, -0.1) is 11.3 Å². The van der Waals surface area contributed by atoms with Crippen molar-refractivity contribution in [1.82, 2.24) is 34.7 Å². The Hall–Kier alpha value is -6.24. The molecule has 1 atom stereocenters. The number of nitrogens with two attached hydrogens (primary N) is 1. The predicted octanol–water partition coefficient (Wildman–Crippen LogP) is -2.22. The number of thiazole rings is 1. The van der Waals surface area contributed by atoms with Gasteiger partial charge in [-0.3, -0.25) is 24.7 Å². The smallest absolute Gasteiger partial charge is 0.353 e. The summed E-state index contributed by atoms with van der Waals surface area (Å²) >= 11 is 0.912. The molecule has 23 nitrogen and oxygen atoms in total. The molecule has 1 unspecified atom stereocenters. The number of nitrogens with zero attached hydrogens (tertiary/aromatic N) is 5. The summed E-state index contributed by atoms with van der Waals surface area (Å²) < 4.78 is 27.3. The highest BCUT2D eigenvalue weighted by molar-refractivity contribution is 7.88. The maximum absolute atomic E-state index is 12.9. The van der Waals surface area contributed by atoms with Crippen LogP contribution in [0, 0.1) is 0 Å². The number of carboxylic acids is 2. The van der Waals surface area contributed by atoms with Gasteiger partial charge in [-0.05, 0) is 26.0 Å². The third kappa shape index (κ3) is 7.35. The highest BCUT2D eigenvalue weighted by Gasteiger charge is 2.46. The maximum Gasteiger partial charge on any atom is 0.353 e. The quantitative estimate of drug-likeness (QED) is 0.0526. The molecule has 2 fully saturated rings. The van der Waals surface area contributed by atoms with Crippen molar-refractivity contribution in [3.05, 3.63) is 34.3 Å². The van der Waals surface area contributed by atoms with Gasteiger partial charge in [0.25, 0.3) is 17.7 Å². The molecule has 0 bridgehead atoms. The Kier molecular flexibility index (Phi) is 9.52. The normalized spacial score (nSPS) is 16.6. The number of aromatic nitrogens is 1. The van der Waals surface area contributed by atoms with Crippen LogP contribution < -0.4 is 21.2 Å². The number of rotatable bonds is 11. The number of phenolic OH excluding ortho intramolecular Hbond substituents is 2. The summed E-state index contributed by atoms with van der Waals surface area (Å²) in [7, 11) is -5.00. The van der Waals surface area contributed by atoms with Crippen LogP contribution in [0.15, 0.2) is 22.7 Å². The Bertz CT molecular complexity index is 1930. The molecule has 7 amide bonds. The van der Waals surface area contributed by atoms with Crippen molar-refractivity contribution in [2.24, 2.45) is 5.16 Å². The second-order valence-electron chi connectivity index (χ2n) is 10.4. The number of anilines is 1. The van der Waals surface area contributed by atoms with E-state index >= 15 is 0 Å². The van der Waals surface area contributed by atoms with Crippen LogP contribution in [0.25, 0.3) is 0 Å². The first-order valence-electron chi connectivity index (χ1n) is 13.3. The van der Waals surface area contributed by atoms with E-state index in [2.05, 4.69) is 15.5 Å². The number of hydrogen-bond donors (Lipinski definition) is 8. The van der Waals surface area contributed by atoms with Crippen LogP contribution in [0.2, 0.25) is 0 Å². The predicted molar refractivity (Wildman–Crippen MR) is 160 cm³/mol. The molecular weight excluding hydrogens is 702 g/mol. The highest BCUT2D eigenvalue weighted by atomic mass is 32.2. The number of carbonyl (C=O) groups excluding carboxylic acids is 5. The SMILES string of the molecule is CC(C)(O/N=C(/C(=O)NC1CN(C(=O)NS(=O)(=O)N2CCN(NC(=O)c3cc(O)c(O)cc3C(=O)O)C2=O)C1=O)c1csc(N)n1)C(=O)O. The van der Waals surface area contributed by atoms with E-state index in [9.17, 15) is 62.4 Å². The summed E-state index contributed by atoms with van der Waals surface area (Å²) in [6.45, 7) is 0.638. The number of nitrogen functional groups attached to an aromatic ring is 1. The minimum atomic E-state index is -5.00. The number of nitrogens with one attached hydrogen (secondary N) is 3. The summed E-state index contributed by atoms with van der Waals surface area (Å²) in [6.07, 6.45) is 0. The number of imide groups is 1. The number of β-lactam (4-membered cyclic amide) rings is 1. The summed E-state index contributed by atoms with van der Waals surface area (Å²) in [5.41, 5.74) is 3.56. The van der Waals surface area contributed by atoms with Gasteiger partial charge in [-0.2, -0.15) is 8.42 Å². The number of hydrogen-bond acceptors (Lipinski definition) is 16. The lowest BCUT2D eigenvalue weighted by Crippen LogP contribution is -2.68. The second kappa shape index (κ2) is 13.1. The van der Waals surface area contributed by atoms with Crippen LogP contribution in [-0.2, 0) is 29.4 Å². The van der Waals surface area contributed by atoms with Crippen molar-refractivity contribution in [2.75, 3.05) is 25.4 Å². The molecule has 9 N–H and O–H groups in total. The molecule has 4 rings (SSSR count). The Morgan fingerprint density at radius 3 is 2.27 bits per heavy atom. The van der Waals surface area contributed by atoms with Gasteiger partial charge in [0, 0.05) is 5.38 Å². The minimum Gasteiger partial charge on any atom is -0.504 e. The zero-order valence-electron chi connectivity index (χ0n) is 24.9. The summed E-state index contributed by atoms with van der Waals surface area (Å²) in [5, 5.41) is 45.3. The van der Waals surface area contributed by atoms with E-state index in [0.717, 1.165) is 25.2 Å². The van der Waals surface area contributed by atoms with Crippen LogP contribution in [0.4, 0.5) is 14.7 Å². The molecule has 2 aliphatic heterocycles. The number of benzene rings is 1. The number of aliphatic carboxylic acids is 1. The molecule has 3 heterocycles. The molecule has 0 radical (unpaired) electrons. The van der Waals surface area contributed by atoms with Crippen molar-refractivity contribution in [3.63, 3.8) is 0 Å². The lowest BCUT2D eigenvalue weighted by molar-refractivity contribution is -0.161. The van der Waals surface area contributed by atoms with Crippen LogP contribution in [-0.4, -0.2) is 127 Å². The Labute approximate surface area is 277 Å². The highest BCUT2D eigenvalue weighted by Crippen LogP contribution is 2.29. The molecule has 0 saturated carbocycles. The van der Waals surface area contributed by atoms with Crippen molar-refractivity contribution >= 4 is 74.1 Å². The third-order valence-electron chi connectivity index (χ3n) is 6.64. The van der Waals surface area contributed by atoms with Gasteiger partial charge in [-0.25, -0.2) is 38.2 Å². The van der Waals surface area contributed by atoms with Crippen LogP contribution in [0.1, 0.15) is 40.3 Å². The Morgan fingerprint density at radius 2 is 1.71 bits per heavy atom. The average molecular weight is 728 g/mol. The number of oxime groups is 1. The van der Waals surface area contributed by atoms with E-state index in [1.807, 2.05) is 5.43 Å². The fourth-order valence-electron chi connectivity index (χ4n) is 3.93. The van der Waals surface area contributed by atoms with E-state index in [1.54, 1.807) is 0 Å². The molecule has 2 saturated heterocycles. The number of carbonyl (C=O) groups is 7. The third-order valence-corrected chi connectivity index (χ3v) is 8.67. The number of aromatic hydroxyl groups is 2. The molecule has 262 valence electrons. The van der Waals surface area contributed by atoms with Crippen molar-refractivity contribution in [3.8, 4) is 11.5 Å². The average Bonchev–Trinajstić information content (AvgIpc) is 3.60. The van der Waals surface area contributed by atoms with Gasteiger partial charge in [0.05, 0.1) is 30.8 Å². The number of carboxylic acid groups (broad SMARTS) is 2. The summed E-state index contributed by atoms with van der Waals surface area (Å²) in [6, 6.07) is -3.09. The monoisotopic (exact) mass is 727 g/mol. The van der Waals surface area contributed by atoms with Gasteiger partial charge >= 0.3 is 34.2 Å². The molecule has 0 aliphatic carbocycles. The molecule has 0 spiro atoms. The van der Waals surface area contributed by atoms with E-state index in [1.165, 1.54) is 10.1 Å². The first-order valence-corrected chi connectivity index (χ1v) is 15.6. The number of phenols is 2. The molecule has 25 heteroatoms. The fourth-order valence-corrected chi connectivity index (χ4v) is 5.55. The number of likely N-dealkylation sites (tertiary alicyclic amines) is 1. The lowest BCUT2D eigenvalue weighted by Gasteiger charge is -2.36. The first-order chi connectivity index (χ1) is 22.7. The van der Waals surface area contributed by atoms with E-state index in [4.69, 9.17) is 10.6 Å². The van der Waals surface area contributed by atoms with Gasteiger partial charge in [0.2, 0.25) is 5.60 Å². The van der Waals surface area contributed by atoms with Crippen LogP contribution >= 0.6 is 11.3 Å². The van der Waals surface area contributed by atoms with Gasteiger partial charge in [-0.1, -0.05) is 5.16 Å². The number of amides is 7. The van der Waals surface area contributed by atoms with Gasteiger partial charge < -0.3 is 36.3 Å². The molecule has 1 aromatic heterocycles. The van der Waals surface area contributed by atoms with Crippen LogP contribution in [0.5, 0.6) is 11.5 Å². The van der Waals surface area contributed by atoms with Gasteiger partial charge in [0.1, 0.15) is 11.7 Å². The maximum atomic E-state index is 12.9. The summed E-state index contributed by atoms with van der Waals surface area (Å²) in [5.74, 6) is -8.23. The zero-order valence-corrected chi connectivity index (χ0v) is 26.6.